The van der Waals surface area contributed by atoms with Crippen LogP contribution >= 0.6 is 15.9 Å². The summed E-state index contributed by atoms with van der Waals surface area (Å²) in [6, 6.07) is 9.49. The van der Waals surface area contributed by atoms with Gasteiger partial charge in [0.15, 0.2) is 6.29 Å². The van der Waals surface area contributed by atoms with Crippen LogP contribution in [0.25, 0.3) is 5.57 Å². The standard InChI is InChI=1S/C9H7BrO/c10-6-9(7-11)8-4-2-1-3-5-8/h1-7H/b9-6-. The molecule has 0 spiro atoms. The molecule has 0 fully saturated rings. The van der Waals surface area contributed by atoms with Gasteiger partial charge in [-0.2, -0.15) is 0 Å². The number of benzene rings is 1. The molecule has 2 heteroatoms. The predicted octanol–water partition coefficient (Wildman–Crippen LogP) is 2.62. The molecular formula is C9H7BrO. The van der Waals surface area contributed by atoms with Gasteiger partial charge < -0.3 is 0 Å². The molecule has 0 saturated heterocycles. The molecule has 1 nitrogen and oxygen atoms in total. The fraction of sp³-hybridized carbons (Fsp3) is 0. The van der Waals surface area contributed by atoms with E-state index in [2.05, 4.69) is 15.9 Å². The van der Waals surface area contributed by atoms with Crippen molar-refractivity contribution in [1.29, 1.82) is 0 Å². The second-order valence-corrected chi connectivity index (χ2v) is 2.51. The zero-order chi connectivity index (χ0) is 8.10. The molecule has 0 N–H and O–H groups in total. The topological polar surface area (TPSA) is 17.1 Å². The average molecular weight is 211 g/mol. The molecule has 0 saturated carbocycles. The van der Waals surface area contributed by atoms with E-state index in [1.54, 1.807) is 4.99 Å². The van der Waals surface area contributed by atoms with Crippen LogP contribution in [0.4, 0.5) is 0 Å². The van der Waals surface area contributed by atoms with Gasteiger partial charge >= 0.3 is 0 Å². The summed E-state index contributed by atoms with van der Waals surface area (Å²) in [6.45, 7) is 0. The van der Waals surface area contributed by atoms with Gasteiger partial charge in [0, 0.05) is 5.57 Å². The summed E-state index contributed by atoms with van der Waals surface area (Å²) >= 11 is 3.12. The SMILES string of the molecule is O=C/C(=C/Br)c1ccccc1. The van der Waals surface area contributed by atoms with Crippen LogP contribution in [0.3, 0.4) is 0 Å². The molecule has 0 aliphatic carbocycles. The Labute approximate surface area is 73.9 Å². The molecule has 1 rings (SSSR count). The van der Waals surface area contributed by atoms with Gasteiger partial charge in [0.25, 0.3) is 0 Å². The van der Waals surface area contributed by atoms with E-state index in [0.29, 0.717) is 5.57 Å². The van der Waals surface area contributed by atoms with Crippen LogP contribution in [0.15, 0.2) is 35.3 Å². The molecule has 0 atom stereocenters. The van der Waals surface area contributed by atoms with E-state index in [9.17, 15) is 4.79 Å². The zero-order valence-electron chi connectivity index (χ0n) is 5.83. The minimum Gasteiger partial charge on any atom is -0.298 e. The van der Waals surface area contributed by atoms with Gasteiger partial charge in [-0.05, 0) is 10.5 Å². The second-order valence-electron chi connectivity index (χ2n) is 2.05. The van der Waals surface area contributed by atoms with Crippen molar-refractivity contribution in [2.45, 2.75) is 0 Å². The van der Waals surface area contributed by atoms with Gasteiger partial charge in [0.1, 0.15) is 0 Å². The Bertz CT molecular complexity index is 264. The summed E-state index contributed by atoms with van der Waals surface area (Å²) in [5.41, 5.74) is 1.59. The highest BCUT2D eigenvalue weighted by atomic mass is 79.9. The van der Waals surface area contributed by atoms with E-state index in [0.717, 1.165) is 11.8 Å². The Kier molecular flexibility index (Phi) is 3.05. The number of allylic oxidation sites excluding steroid dienone is 1. The molecule has 0 heterocycles. The van der Waals surface area contributed by atoms with E-state index < -0.39 is 0 Å². The monoisotopic (exact) mass is 210 g/mol. The lowest BCUT2D eigenvalue weighted by Gasteiger charge is -1.95. The molecule has 0 aliphatic heterocycles. The largest absolute Gasteiger partial charge is 0.298 e. The Morgan fingerprint density at radius 2 is 1.91 bits per heavy atom. The summed E-state index contributed by atoms with van der Waals surface area (Å²) in [4.78, 5) is 12.1. The Morgan fingerprint density at radius 3 is 2.36 bits per heavy atom. The van der Waals surface area contributed by atoms with Crippen LogP contribution in [0.1, 0.15) is 5.56 Å². The minimum absolute atomic E-state index is 0.658. The third kappa shape index (κ3) is 2.02. The Hall–Kier alpha value is -0.890. The number of halogens is 1. The van der Waals surface area contributed by atoms with E-state index in [1.807, 2.05) is 30.3 Å². The van der Waals surface area contributed by atoms with Gasteiger partial charge in [0.05, 0.1) is 0 Å². The lowest BCUT2D eigenvalue weighted by molar-refractivity contribution is -0.103. The maximum Gasteiger partial charge on any atom is 0.151 e. The van der Waals surface area contributed by atoms with Crippen molar-refractivity contribution in [1.82, 2.24) is 0 Å². The van der Waals surface area contributed by atoms with Crippen LogP contribution in [0.2, 0.25) is 0 Å². The van der Waals surface area contributed by atoms with Crippen LogP contribution in [0, 0.1) is 0 Å². The number of carbonyl (C=O) groups is 1. The molecule has 56 valence electrons. The summed E-state index contributed by atoms with van der Waals surface area (Å²) in [6.07, 6.45) is 0.823. The molecule has 0 bridgehead atoms. The third-order valence-corrected chi connectivity index (χ3v) is 1.84. The van der Waals surface area contributed by atoms with Crippen molar-refractivity contribution in [2.24, 2.45) is 0 Å². The zero-order valence-corrected chi connectivity index (χ0v) is 7.41. The quantitative estimate of drug-likeness (QED) is 0.542. The minimum atomic E-state index is 0.658. The third-order valence-electron chi connectivity index (χ3n) is 1.35. The van der Waals surface area contributed by atoms with Crippen molar-refractivity contribution >= 4 is 27.8 Å². The average Bonchev–Trinajstić information content (AvgIpc) is 2.09. The molecule has 0 amide bonds. The van der Waals surface area contributed by atoms with Gasteiger partial charge in [-0.15, -0.1) is 0 Å². The molecule has 1 aromatic rings. The first-order valence-electron chi connectivity index (χ1n) is 3.19. The van der Waals surface area contributed by atoms with Crippen molar-refractivity contribution in [3.63, 3.8) is 0 Å². The van der Waals surface area contributed by atoms with Gasteiger partial charge in [-0.3, -0.25) is 4.79 Å². The Balaban J connectivity index is 3.01. The number of aldehydes is 1. The maximum atomic E-state index is 10.4. The van der Waals surface area contributed by atoms with Gasteiger partial charge in [-0.25, -0.2) is 0 Å². The normalized spacial score (nSPS) is 11.2. The van der Waals surface area contributed by atoms with Crippen molar-refractivity contribution in [2.75, 3.05) is 0 Å². The van der Waals surface area contributed by atoms with E-state index in [4.69, 9.17) is 0 Å². The van der Waals surface area contributed by atoms with E-state index in [-0.39, 0.29) is 0 Å². The van der Waals surface area contributed by atoms with Crippen molar-refractivity contribution in [3.8, 4) is 0 Å². The lowest BCUT2D eigenvalue weighted by atomic mass is 10.1. The van der Waals surface area contributed by atoms with Crippen LogP contribution in [0.5, 0.6) is 0 Å². The van der Waals surface area contributed by atoms with Crippen LogP contribution in [-0.2, 0) is 4.79 Å². The first-order chi connectivity index (χ1) is 5.38. The number of rotatable bonds is 2. The highest BCUT2D eigenvalue weighted by Gasteiger charge is 1.95. The number of hydrogen-bond donors (Lipinski definition) is 0. The van der Waals surface area contributed by atoms with Crippen LogP contribution < -0.4 is 0 Å². The fourth-order valence-corrected chi connectivity index (χ4v) is 1.16. The molecule has 0 aliphatic rings. The fourth-order valence-electron chi connectivity index (χ4n) is 0.787. The summed E-state index contributed by atoms with van der Waals surface area (Å²) in [7, 11) is 0. The molecular weight excluding hydrogens is 204 g/mol. The smallest absolute Gasteiger partial charge is 0.151 e. The molecule has 0 aromatic heterocycles. The predicted molar refractivity (Wildman–Crippen MR) is 49.4 cm³/mol. The van der Waals surface area contributed by atoms with E-state index >= 15 is 0 Å². The van der Waals surface area contributed by atoms with Crippen molar-refractivity contribution in [3.05, 3.63) is 40.9 Å². The van der Waals surface area contributed by atoms with Gasteiger partial charge in [0.2, 0.25) is 0 Å². The molecule has 0 unspecified atom stereocenters. The second kappa shape index (κ2) is 4.09. The first kappa shape index (κ1) is 8.21. The first-order valence-corrected chi connectivity index (χ1v) is 4.11. The molecule has 0 radical (unpaired) electrons. The lowest BCUT2D eigenvalue weighted by Crippen LogP contribution is -1.82. The molecule has 11 heavy (non-hydrogen) atoms. The van der Waals surface area contributed by atoms with Gasteiger partial charge in [-0.1, -0.05) is 46.3 Å². The summed E-state index contributed by atoms with van der Waals surface area (Å²) in [5.74, 6) is 0. The number of carbonyl (C=O) groups excluding carboxylic acids is 1. The highest BCUT2D eigenvalue weighted by Crippen LogP contribution is 2.12. The van der Waals surface area contributed by atoms with Crippen LogP contribution in [-0.4, -0.2) is 6.29 Å². The highest BCUT2D eigenvalue weighted by molar-refractivity contribution is 9.11. The summed E-state index contributed by atoms with van der Waals surface area (Å²) in [5, 5.41) is 0. The Morgan fingerprint density at radius 1 is 1.27 bits per heavy atom. The maximum absolute atomic E-state index is 10.4. The number of hydrogen-bond acceptors (Lipinski definition) is 1. The molecule has 1 aromatic carbocycles. The van der Waals surface area contributed by atoms with E-state index in [1.165, 1.54) is 0 Å². The van der Waals surface area contributed by atoms with Crippen molar-refractivity contribution < 1.29 is 4.79 Å². The summed E-state index contributed by atoms with van der Waals surface area (Å²) < 4.78 is 0.